The van der Waals surface area contributed by atoms with Crippen molar-refractivity contribution in [2.24, 2.45) is 17.2 Å². The van der Waals surface area contributed by atoms with Gasteiger partial charge < -0.3 is 48.5 Å². The van der Waals surface area contributed by atoms with Crippen molar-refractivity contribution >= 4 is 41.5 Å². The molecule has 0 saturated heterocycles. The lowest BCUT2D eigenvalue weighted by Gasteiger charge is -2.26. The van der Waals surface area contributed by atoms with Gasteiger partial charge >= 0.3 is 11.9 Å². The number of hydrogen-bond acceptors (Lipinski definition) is 9. The molecule has 0 bridgehead atoms. The van der Waals surface area contributed by atoms with Crippen LogP contribution >= 0.6 is 0 Å². The molecule has 12 N–H and O–H groups in total. The summed E-state index contributed by atoms with van der Waals surface area (Å²) in [7, 11) is 0. The first-order valence-corrected chi connectivity index (χ1v) is 10.0. The number of primary amides is 2. The number of carbonyl (C=O) groups excluding carboxylic acids is 5. The van der Waals surface area contributed by atoms with Crippen molar-refractivity contribution in [1.29, 1.82) is 0 Å². The minimum absolute atomic E-state index is 0.255. The Morgan fingerprint density at radius 2 is 1.32 bits per heavy atom. The maximum Gasteiger partial charge on any atom is 0.326 e. The number of carboxylic acid groups (broad SMARTS) is 2. The number of carbonyl (C=O) groups is 7. The van der Waals surface area contributed by atoms with Crippen LogP contribution < -0.4 is 33.2 Å². The van der Waals surface area contributed by atoms with E-state index in [-0.39, 0.29) is 12.8 Å². The highest BCUT2D eigenvalue weighted by Gasteiger charge is 2.33. The van der Waals surface area contributed by atoms with Crippen molar-refractivity contribution in [3.8, 4) is 0 Å². The van der Waals surface area contributed by atoms with Crippen LogP contribution in [0.25, 0.3) is 0 Å². The monoisotopic (exact) mass is 490 g/mol. The molecule has 0 aromatic rings. The van der Waals surface area contributed by atoms with Crippen molar-refractivity contribution < 1.29 is 48.9 Å². The highest BCUT2D eigenvalue weighted by Crippen LogP contribution is 2.04. The van der Waals surface area contributed by atoms with Crippen molar-refractivity contribution in [1.82, 2.24) is 16.0 Å². The first-order chi connectivity index (χ1) is 15.6. The number of aliphatic hydroxyl groups excluding tert-OH is 1. The number of nitrogens with two attached hydrogens (primary N) is 3. The molecular weight excluding hydrogens is 460 g/mol. The topological polar surface area (TPSA) is 294 Å². The molecule has 0 spiro atoms. The van der Waals surface area contributed by atoms with Gasteiger partial charge in [-0.15, -0.1) is 0 Å². The highest BCUT2D eigenvalue weighted by molar-refractivity contribution is 5.95. The summed E-state index contributed by atoms with van der Waals surface area (Å²) < 4.78 is 0. The molecule has 0 aromatic carbocycles. The van der Waals surface area contributed by atoms with Gasteiger partial charge in [-0.3, -0.25) is 28.8 Å². The van der Waals surface area contributed by atoms with Crippen LogP contribution in [-0.2, 0) is 33.6 Å². The third-order valence-electron chi connectivity index (χ3n) is 4.40. The fraction of sp³-hybridized carbons (Fsp3) is 0.611. The number of aliphatic carboxylic acids is 2. The van der Waals surface area contributed by atoms with E-state index in [1.165, 1.54) is 0 Å². The summed E-state index contributed by atoms with van der Waals surface area (Å²) >= 11 is 0. The summed E-state index contributed by atoms with van der Waals surface area (Å²) in [6.07, 6.45) is -3.72. The fourth-order valence-electron chi connectivity index (χ4n) is 2.57. The number of nitrogens with one attached hydrogen (secondary N) is 3. The van der Waals surface area contributed by atoms with E-state index in [1.54, 1.807) is 0 Å². The summed E-state index contributed by atoms with van der Waals surface area (Å²) in [5.41, 5.74) is 15.6. The molecule has 0 aliphatic heterocycles. The Labute approximate surface area is 193 Å². The predicted octanol–water partition coefficient (Wildman–Crippen LogP) is -4.76. The Morgan fingerprint density at radius 3 is 1.76 bits per heavy atom. The minimum atomic E-state index is -1.72. The quantitative estimate of drug-likeness (QED) is 0.0988. The SMILES string of the molecule is CC(O)C(NC(=O)C(N)CCC(=O)O)C(=O)NC(CCC(N)=O)C(=O)NC(CC(N)=O)C(=O)O. The van der Waals surface area contributed by atoms with Gasteiger partial charge in [-0.2, -0.15) is 0 Å². The van der Waals surface area contributed by atoms with Gasteiger partial charge in [0.2, 0.25) is 29.5 Å². The molecule has 0 fully saturated rings. The largest absolute Gasteiger partial charge is 0.481 e. The zero-order chi connectivity index (χ0) is 26.6. The summed E-state index contributed by atoms with van der Waals surface area (Å²) in [5, 5.41) is 34.0. The zero-order valence-corrected chi connectivity index (χ0v) is 18.4. The molecule has 0 aliphatic rings. The van der Waals surface area contributed by atoms with E-state index in [1.807, 2.05) is 5.32 Å². The van der Waals surface area contributed by atoms with Crippen molar-refractivity contribution in [3.63, 3.8) is 0 Å². The Kier molecular flexibility index (Phi) is 12.8. The van der Waals surface area contributed by atoms with E-state index in [4.69, 9.17) is 27.4 Å². The summed E-state index contributed by atoms with van der Waals surface area (Å²) in [6, 6.07) is -6.23. The van der Waals surface area contributed by atoms with Gasteiger partial charge in [-0.05, 0) is 19.8 Å². The lowest BCUT2D eigenvalue weighted by Crippen LogP contribution is -2.60. The second-order valence-electron chi connectivity index (χ2n) is 7.40. The van der Waals surface area contributed by atoms with Gasteiger partial charge in [-0.25, -0.2) is 4.79 Å². The molecule has 5 amide bonds. The van der Waals surface area contributed by atoms with Gasteiger partial charge in [0.1, 0.15) is 18.1 Å². The molecule has 0 heterocycles. The second kappa shape index (κ2) is 14.4. The molecule has 16 heteroatoms. The Bertz CT molecular complexity index is 802. The smallest absolute Gasteiger partial charge is 0.326 e. The molecule has 0 saturated carbocycles. The molecule has 0 aliphatic carbocycles. The van der Waals surface area contributed by atoms with Crippen LogP contribution in [0.5, 0.6) is 0 Å². The van der Waals surface area contributed by atoms with Crippen molar-refractivity contribution in [2.75, 3.05) is 0 Å². The summed E-state index contributed by atoms with van der Waals surface area (Å²) in [5.74, 6) is -7.81. The number of amides is 5. The van der Waals surface area contributed by atoms with Crippen LogP contribution in [0, 0.1) is 0 Å². The molecular formula is C18H30N6O10. The van der Waals surface area contributed by atoms with Gasteiger partial charge in [0, 0.05) is 12.8 Å². The van der Waals surface area contributed by atoms with E-state index in [9.17, 15) is 38.7 Å². The first kappa shape index (κ1) is 30.2. The number of carboxylic acids is 2. The fourth-order valence-corrected chi connectivity index (χ4v) is 2.57. The van der Waals surface area contributed by atoms with Crippen LogP contribution in [0.4, 0.5) is 0 Å². The molecule has 5 unspecified atom stereocenters. The van der Waals surface area contributed by atoms with Gasteiger partial charge in [-0.1, -0.05) is 0 Å². The van der Waals surface area contributed by atoms with Gasteiger partial charge in [0.25, 0.3) is 0 Å². The molecule has 5 atom stereocenters. The second-order valence-corrected chi connectivity index (χ2v) is 7.40. The number of hydrogen-bond donors (Lipinski definition) is 9. The predicted molar refractivity (Wildman–Crippen MR) is 112 cm³/mol. The third kappa shape index (κ3) is 11.7. The number of rotatable bonds is 16. The van der Waals surface area contributed by atoms with Crippen LogP contribution in [-0.4, -0.2) is 87.1 Å². The lowest BCUT2D eigenvalue weighted by molar-refractivity contribution is -0.144. The third-order valence-corrected chi connectivity index (χ3v) is 4.40. The molecule has 0 radical (unpaired) electrons. The van der Waals surface area contributed by atoms with Crippen molar-refractivity contribution in [2.45, 2.75) is 69.3 Å². The Morgan fingerprint density at radius 1 is 0.765 bits per heavy atom. The standard InChI is InChI=1S/C18H30N6O10/c1-7(25)14(24-15(30)8(19)2-5-13(28)29)17(32)22-9(3-4-11(20)26)16(31)23-10(18(33)34)6-12(21)27/h7-10,14,25H,2-6,19H2,1H3,(H2,20,26)(H2,21,27)(H,22,32)(H,23,31)(H,24,30)(H,28,29)(H,33,34). The molecule has 192 valence electrons. The summed E-state index contributed by atoms with van der Waals surface area (Å²) in [4.78, 5) is 81.4. The van der Waals surface area contributed by atoms with Gasteiger partial charge in [0.05, 0.1) is 18.6 Å². The van der Waals surface area contributed by atoms with E-state index in [0.29, 0.717) is 0 Å². The van der Waals surface area contributed by atoms with E-state index in [0.717, 1.165) is 6.92 Å². The van der Waals surface area contributed by atoms with Gasteiger partial charge in [0.15, 0.2) is 0 Å². The molecule has 0 rings (SSSR count). The Hall–Kier alpha value is -3.79. The molecule has 16 nitrogen and oxygen atoms in total. The van der Waals surface area contributed by atoms with Crippen LogP contribution in [0.1, 0.15) is 39.0 Å². The van der Waals surface area contributed by atoms with E-state index in [2.05, 4.69) is 10.6 Å². The minimum Gasteiger partial charge on any atom is -0.481 e. The Balaban J connectivity index is 5.49. The lowest BCUT2D eigenvalue weighted by atomic mass is 10.1. The average molecular weight is 490 g/mol. The average Bonchev–Trinajstić information content (AvgIpc) is 2.71. The summed E-state index contributed by atoms with van der Waals surface area (Å²) in [6.45, 7) is 1.14. The van der Waals surface area contributed by atoms with Crippen LogP contribution in [0.15, 0.2) is 0 Å². The first-order valence-electron chi connectivity index (χ1n) is 10.0. The molecule has 0 aromatic heterocycles. The van der Waals surface area contributed by atoms with Crippen LogP contribution in [0.3, 0.4) is 0 Å². The number of aliphatic hydroxyl groups is 1. The normalized spacial score (nSPS) is 15.0. The maximum atomic E-state index is 12.7. The maximum absolute atomic E-state index is 12.7. The molecule has 34 heavy (non-hydrogen) atoms. The zero-order valence-electron chi connectivity index (χ0n) is 18.4. The van der Waals surface area contributed by atoms with Crippen molar-refractivity contribution in [3.05, 3.63) is 0 Å². The van der Waals surface area contributed by atoms with E-state index >= 15 is 0 Å². The highest BCUT2D eigenvalue weighted by atomic mass is 16.4. The van der Waals surface area contributed by atoms with Crippen LogP contribution in [0.2, 0.25) is 0 Å². The van der Waals surface area contributed by atoms with E-state index < -0.39 is 91.0 Å².